The van der Waals surface area contributed by atoms with Crippen molar-refractivity contribution in [2.45, 2.75) is 46.3 Å². The van der Waals surface area contributed by atoms with E-state index in [9.17, 15) is 9.59 Å². The third kappa shape index (κ3) is 6.40. The minimum absolute atomic E-state index is 0.0417. The number of benzene rings is 2. The molecule has 0 atom stereocenters. The zero-order chi connectivity index (χ0) is 20.0. The molecule has 0 spiro atoms. The van der Waals surface area contributed by atoms with E-state index in [0.717, 1.165) is 10.0 Å². The van der Waals surface area contributed by atoms with Crippen molar-refractivity contribution in [3.8, 4) is 0 Å². The Morgan fingerprint density at radius 2 is 1.70 bits per heavy atom. The first-order valence-corrected chi connectivity index (χ1v) is 9.78. The fourth-order valence-electron chi connectivity index (χ4n) is 2.57. The maximum Gasteiger partial charge on any atom is 0.322 e. The molecule has 2 aromatic carbocycles. The second kappa shape index (κ2) is 9.55. The molecule has 0 bridgehead atoms. The molecule has 0 aromatic heterocycles. The summed E-state index contributed by atoms with van der Waals surface area (Å²) in [5, 5.41) is 5.75. The molecule has 5 nitrogen and oxygen atoms in total. The van der Waals surface area contributed by atoms with Crippen LogP contribution in [0.2, 0.25) is 0 Å². The molecule has 0 aliphatic heterocycles. The lowest BCUT2D eigenvalue weighted by molar-refractivity contribution is 0.0943. The molecule has 0 fully saturated rings. The highest BCUT2D eigenvalue weighted by atomic mass is 79.9. The SMILES string of the molecule is CC(C)NC(=O)c1ccc(NC(=O)N(Cc2cccc(Br)c2)C(C)C)cc1. The first-order chi connectivity index (χ1) is 12.8. The van der Waals surface area contributed by atoms with Crippen LogP contribution in [0.25, 0.3) is 0 Å². The lowest BCUT2D eigenvalue weighted by atomic mass is 10.2. The summed E-state index contributed by atoms with van der Waals surface area (Å²) < 4.78 is 0.986. The summed E-state index contributed by atoms with van der Waals surface area (Å²) >= 11 is 3.46. The lowest BCUT2D eigenvalue weighted by Gasteiger charge is -2.27. The average molecular weight is 432 g/mol. The number of nitrogens with one attached hydrogen (secondary N) is 2. The van der Waals surface area contributed by atoms with E-state index in [2.05, 4.69) is 26.6 Å². The summed E-state index contributed by atoms with van der Waals surface area (Å²) in [7, 11) is 0. The zero-order valence-corrected chi connectivity index (χ0v) is 17.7. The standard InChI is InChI=1S/C21H26BrN3O2/c1-14(2)23-20(26)17-8-10-19(11-9-17)24-21(27)25(15(3)4)13-16-6-5-7-18(22)12-16/h5-12,14-15H,13H2,1-4H3,(H,23,26)(H,24,27). The molecule has 2 rings (SSSR count). The van der Waals surface area contributed by atoms with Crippen molar-refractivity contribution < 1.29 is 9.59 Å². The Kier molecular flexibility index (Phi) is 7.42. The van der Waals surface area contributed by atoms with Crippen molar-refractivity contribution in [2.75, 3.05) is 5.32 Å². The molecule has 2 N–H and O–H groups in total. The van der Waals surface area contributed by atoms with Crippen LogP contribution in [0.4, 0.5) is 10.5 Å². The fourth-order valence-corrected chi connectivity index (χ4v) is 3.01. The first-order valence-electron chi connectivity index (χ1n) is 8.99. The molecule has 0 saturated heterocycles. The second-order valence-corrected chi connectivity index (χ2v) is 7.90. The Morgan fingerprint density at radius 1 is 1.04 bits per heavy atom. The molecule has 27 heavy (non-hydrogen) atoms. The molecular formula is C21H26BrN3O2. The molecule has 0 aliphatic rings. The van der Waals surface area contributed by atoms with Crippen molar-refractivity contribution in [1.82, 2.24) is 10.2 Å². The fraction of sp³-hybridized carbons (Fsp3) is 0.333. The van der Waals surface area contributed by atoms with Crippen LogP contribution in [0.1, 0.15) is 43.6 Å². The summed E-state index contributed by atoms with van der Waals surface area (Å²) in [5.74, 6) is -0.124. The van der Waals surface area contributed by atoms with Crippen molar-refractivity contribution >= 4 is 33.6 Å². The van der Waals surface area contributed by atoms with Gasteiger partial charge in [0.15, 0.2) is 0 Å². The molecule has 0 saturated carbocycles. The van der Waals surface area contributed by atoms with Gasteiger partial charge < -0.3 is 15.5 Å². The molecule has 0 unspecified atom stereocenters. The molecule has 0 heterocycles. The predicted molar refractivity (Wildman–Crippen MR) is 113 cm³/mol. The second-order valence-electron chi connectivity index (χ2n) is 6.99. The largest absolute Gasteiger partial charge is 0.350 e. The summed E-state index contributed by atoms with van der Waals surface area (Å²) in [6, 6.07) is 14.8. The molecule has 0 aliphatic carbocycles. The minimum atomic E-state index is -0.177. The Bertz CT molecular complexity index is 788. The number of carbonyl (C=O) groups excluding carboxylic acids is 2. The maximum absolute atomic E-state index is 12.7. The number of hydrogen-bond donors (Lipinski definition) is 2. The third-order valence-electron chi connectivity index (χ3n) is 3.94. The van der Waals surface area contributed by atoms with Gasteiger partial charge in [0.25, 0.3) is 5.91 Å². The number of urea groups is 1. The molecule has 0 radical (unpaired) electrons. The van der Waals surface area contributed by atoms with Crippen LogP contribution in [-0.2, 0) is 6.54 Å². The van der Waals surface area contributed by atoms with Gasteiger partial charge in [-0.1, -0.05) is 28.1 Å². The number of hydrogen-bond acceptors (Lipinski definition) is 2. The zero-order valence-electron chi connectivity index (χ0n) is 16.1. The van der Waals surface area contributed by atoms with Gasteiger partial charge in [0.05, 0.1) is 0 Å². The van der Waals surface area contributed by atoms with Crippen molar-refractivity contribution in [1.29, 1.82) is 0 Å². The van der Waals surface area contributed by atoms with Crippen LogP contribution in [0.3, 0.4) is 0 Å². The van der Waals surface area contributed by atoms with Crippen LogP contribution in [0.15, 0.2) is 53.0 Å². The smallest absolute Gasteiger partial charge is 0.322 e. The molecular weight excluding hydrogens is 406 g/mol. The lowest BCUT2D eigenvalue weighted by Crippen LogP contribution is -2.39. The van der Waals surface area contributed by atoms with Gasteiger partial charge >= 0.3 is 6.03 Å². The van der Waals surface area contributed by atoms with E-state index in [-0.39, 0.29) is 24.0 Å². The number of anilines is 1. The highest BCUT2D eigenvalue weighted by molar-refractivity contribution is 9.10. The van der Waals surface area contributed by atoms with Gasteiger partial charge in [-0.05, 0) is 69.7 Å². The van der Waals surface area contributed by atoms with E-state index >= 15 is 0 Å². The average Bonchev–Trinajstić information content (AvgIpc) is 2.59. The van der Waals surface area contributed by atoms with E-state index in [0.29, 0.717) is 17.8 Å². The summed E-state index contributed by atoms with van der Waals surface area (Å²) in [6.07, 6.45) is 0. The summed E-state index contributed by atoms with van der Waals surface area (Å²) in [5.41, 5.74) is 2.27. The molecule has 3 amide bonds. The number of rotatable bonds is 6. The molecule has 2 aromatic rings. The normalized spacial score (nSPS) is 10.8. The van der Waals surface area contributed by atoms with Gasteiger partial charge in [-0.15, -0.1) is 0 Å². The Labute approximate surface area is 169 Å². The predicted octanol–water partition coefficient (Wildman–Crippen LogP) is 5.03. The van der Waals surface area contributed by atoms with Crippen LogP contribution < -0.4 is 10.6 Å². The van der Waals surface area contributed by atoms with E-state index < -0.39 is 0 Å². The Morgan fingerprint density at radius 3 is 2.26 bits per heavy atom. The van der Waals surface area contributed by atoms with Crippen molar-refractivity contribution in [3.63, 3.8) is 0 Å². The number of carbonyl (C=O) groups is 2. The molecule has 6 heteroatoms. The highest BCUT2D eigenvalue weighted by Gasteiger charge is 2.18. The van der Waals surface area contributed by atoms with Crippen LogP contribution >= 0.6 is 15.9 Å². The topological polar surface area (TPSA) is 61.4 Å². The van der Waals surface area contributed by atoms with Crippen LogP contribution in [0.5, 0.6) is 0 Å². The quantitative estimate of drug-likeness (QED) is 0.673. The number of amides is 3. The maximum atomic E-state index is 12.7. The van der Waals surface area contributed by atoms with Gasteiger partial charge in [0, 0.05) is 34.4 Å². The van der Waals surface area contributed by atoms with Gasteiger partial charge in [-0.3, -0.25) is 4.79 Å². The molecule has 144 valence electrons. The summed E-state index contributed by atoms with van der Waals surface area (Å²) in [6.45, 7) is 8.31. The van der Waals surface area contributed by atoms with Gasteiger partial charge in [0.1, 0.15) is 0 Å². The highest BCUT2D eigenvalue weighted by Crippen LogP contribution is 2.17. The van der Waals surface area contributed by atoms with Crippen molar-refractivity contribution in [3.05, 3.63) is 64.1 Å². The van der Waals surface area contributed by atoms with Gasteiger partial charge in [-0.25, -0.2) is 4.79 Å². The number of halogens is 1. The Hall–Kier alpha value is -2.34. The van der Waals surface area contributed by atoms with E-state index in [4.69, 9.17) is 0 Å². The van der Waals surface area contributed by atoms with E-state index in [1.54, 1.807) is 29.2 Å². The van der Waals surface area contributed by atoms with Crippen LogP contribution in [0, 0.1) is 0 Å². The van der Waals surface area contributed by atoms with Gasteiger partial charge in [-0.2, -0.15) is 0 Å². The van der Waals surface area contributed by atoms with Crippen molar-refractivity contribution in [2.24, 2.45) is 0 Å². The van der Waals surface area contributed by atoms with E-state index in [1.807, 2.05) is 52.0 Å². The minimum Gasteiger partial charge on any atom is -0.350 e. The van der Waals surface area contributed by atoms with Crippen LogP contribution in [-0.4, -0.2) is 28.9 Å². The third-order valence-corrected chi connectivity index (χ3v) is 4.44. The monoisotopic (exact) mass is 431 g/mol. The van der Waals surface area contributed by atoms with E-state index in [1.165, 1.54) is 0 Å². The Balaban J connectivity index is 2.05. The number of nitrogens with zero attached hydrogens (tertiary/aromatic N) is 1. The first kappa shape index (κ1) is 21.0. The van der Waals surface area contributed by atoms with Gasteiger partial charge in [0.2, 0.25) is 0 Å². The summed E-state index contributed by atoms with van der Waals surface area (Å²) in [4.78, 5) is 26.5.